The molecule has 1 aliphatic rings. The van der Waals surface area contributed by atoms with Crippen molar-refractivity contribution in [3.63, 3.8) is 0 Å². The lowest BCUT2D eigenvalue weighted by Crippen LogP contribution is -2.32. The van der Waals surface area contributed by atoms with Crippen LogP contribution in [0.5, 0.6) is 0 Å². The van der Waals surface area contributed by atoms with Gasteiger partial charge in [-0.3, -0.25) is 9.59 Å². The summed E-state index contributed by atoms with van der Waals surface area (Å²) in [5.74, 6) is -1.38. The standard InChI is InChI=1S/C26H24N2O4/c1-3-4-13-28-23(21-15(2)27-18-11-7-6-10-17(18)21)22(25(30)26(28)31)24(29)20-14-16-9-5-8-12-19(16)32-20/h5-12,14,23,27,30H,3-4,13H2,1-2H3. The number of rotatable bonds is 6. The number of nitrogens with zero attached hydrogens (tertiary/aromatic N) is 1. The van der Waals surface area contributed by atoms with Gasteiger partial charge in [-0.15, -0.1) is 0 Å². The zero-order valence-electron chi connectivity index (χ0n) is 18.0. The smallest absolute Gasteiger partial charge is 0.290 e. The molecule has 1 aliphatic heterocycles. The Labute approximate surface area is 185 Å². The number of carbonyl (C=O) groups excluding carboxylic acids is 2. The van der Waals surface area contributed by atoms with E-state index in [1.54, 1.807) is 17.0 Å². The van der Waals surface area contributed by atoms with Gasteiger partial charge in [0, 0.05) is 34.1 Å². The lowest BCUT2D eigenvalue weighted by Gasteiger charge is -2.27. The molecule has 2 aromatic carbocycles. The van der Waals surface area contributed by atoms with Gasteiger partial charge >= 0.3 is 0 Å². The molecule has 0 aliphatic carbocycles. The van der Waals surface area contributed by atoms with Gasteiger partial charge in [0.2, 0.25) is 5.78 Å². The molecule has 162 valence electrons. The van der Waals surface area contributed by atoms with Crippen LogP contribution in [0, 0.1) is 6.92 Å². The van der Waals surface area contributed by atoms with Crippen molar-refractivity contribution in [1.82, 2.24) is 9.88 Å². The van der Waals surface area contributed by atoms with E-state index in [4.69, 9.17) is 4.42 Å². The minimum absolute atomic E-state index is 0.0676. The van der Waals surface area contributed by atoms with Crippen LogP contribution in [0.15, 0.2) is 70.3 Å². The molecule has 1 unspecified atom stereocenters. The van der Waals surface area contributed by atoms with E-state index in [-0.39, 0.29) is 11.3 Å². The van der Waals surface area contributed by atoms with Crippen LogP contribution in [0.2, 0.25) is 0 Å². The third-order valence-corrected chi connectivity index (χ3v) is 6.17. The molecule has 1 amide bonds. The lowest BCUT2D eigenvalue weighted by molar-refractivity contribution is -0.129. The average Bonchev–Trinajstić information content (AvgIpc) is 3.44. The van der Waals surface area contributed by atoms with Gasteiger partial charge in [-0.1, -0.05) is 49.7 Å². The number of aliphatic hydroxyl groups excluding tert-OH is 1. The zero-order valence-corrected chi connectivity index (χ0v) is 18.0. The molecule has 32 heavy (non-hydrogen) atoms. The first-order valence-electron chi connectivity index (χ1n) is 10.9. The second kappa shape index (κ2) is 7.71. The molecule has 1 atom stereocenters. The molecule has 0 fully saturated rings. The van der Waals surface area contributed by atoms with E-state index < -0.39 is 23.5 Å². The van der Waals surface area contributed by atoms with E-state index in [1.807, 2.05) is 56.3 Å². The quantitative estimate of drug-likeness (QED) is 0.391. The largest absolute Gasteiger partial charge is 0.503 e. The fraction of sp³-hybridized carbons (Fsp3) is 0.231. The van der Waals surface area contributed by atoms with Gasteiger partial charge in [0.15, 0.2) is 11.5 Å². The molecule has 3 heterocycles. The summed E-state index contributed by atoms with van der Waals surface area (Å²) in [6, 6.07) is 16.1. The number of nitrogens with one attached hydrogen (secondary N) is 1. The number of aromatic nitrogens is 1. The molecular formula is C26H24N2O4. The van der Waals surface area contributed by atoms with Crippen molar-refractivity contribution in [1.29, 1.82) is 0 Å². The van der Waals surface area contributed by atoms with Gasteiger partial charge in [-0.05, 0) is 31.5 Å². The second-order valence-corrected chi connectivity index (χ2v) is 8.20. The van der Waals surface area contributed by atoms with Gasteiger partial charge in [0.25, 0.3) is 5.91 Å². The predicted molar refractivity (Wildman–Crippen MR) is 123 cm³/mol. The number of H-pyrrole nitrogens is 1. The third-order valence-electron chi connectivity index (χ3n) is 6.17. The van der Waals surface area contributed by atoms with E-state index in [0.717, 1.165) is 40.4 Å². The number of benzene rings is 2. The number of Topliss-reactive ketones (excluding diaryl/α,β-unsaturated/α-hetero) is 1. The highest BCUT2D eigenvalue weighted by atomic mass is 16.3. The summed E-state index contributed by atoms with van der Waals surface area (Å²) in [4.78, 5) is 31.7. The Morgan fingerprint density at radius 1 is 1.16 bits per heavy atom. The maximum atomic E-state index is 13.6. The number of carbonyl (C=O) groups is 2. The van der Waals surface area contributed by atoms with Crippen LogP contribution in [0.4, 0.5) is 0 Å². The Morgan fingerprint density at radius 3 is 2.69 bits per heavy atom. The fourth-order valence-corrected chi connectivity index (χ4v) is 4.62. The summed E-state index contributed by atoms with van der Waals surface area (Å²) in [7, 11) is 0. The molecule has 2 N–H and O–H groups in total. The van der Waals surface area contributed by atoms with E-state index in [1.165, 1.54) is 0 Å². The first-order valence-corrected chi connectivity index (χ1v) is 10.9. The molecule has 0 bridgehead atoms. The number of hydrogen-bond donors (Lipinski definition) is 2. The lowest BCUT2D eigenvalue weighted by atomic mass is 9.93. The van der Waals surface area contributed by atoms with Gasteiger partial charge in [-0.2, -0.15) is 0 Å². The number of fused-ring (bicyclic) bond motifs is 2. The number of amides is 1. The van der Waals surface area contributed by atoms with Crippen LogP contribution < -0.4 is 0 Å². The van der Waals surface area contributed by atoms with Gasteiger partial charge in [-0.25, -0.2) is 0 Å². The fourth-order valence-electron chi connectivity index (χ4n) is 4.62. The van der Waals surface area contributed by atoms with Crippen molar-refractivity contribution >= 4 is 33.6 Å². The molecule has 0 radical (unpaired) electrons. The minimum atomic E-state index is -0.689. The monoisotopic (exact) mass is 428 g/mol. The van der Waals surface area contributed by atoms with Crippen LogP contribution in [0.3, 0.4) is 0 Å². The molecule has 5 rings (SSSR count). The van der Waals surface area contributed by atoms with E-state index in [0.29, 0.717) is 12.1 Å². The number of ketones is 1. The van der Waals surface area contributed by atoms with Crippen molar-refractivity contribution in [2.24, 2.45) is 0 Å². The summed E-state index contributed by atoms with van der Waals surface area (Å²) in [6.07, 6.45) is 1.65. The molecule has 0 spiro atoms. The number of hydrogen-bond acceptors (Lipinski definition) is 4. The summed E-state index contributed by atoms with van der Waals surface area (Å²) < 4.78 is 5.79. The van der Waals surface area contributed by atoms with Crippen LogP contribution in [0.1, 0.15) is 47.6 Å². The number of aliphatic hydroxyl groups is 1. The number of aryl methyl sites for hydroxylation is 1. The maximum Gasteiger partial charge on any atom is 0.290 e. The SMILES string of the molecule is CCCCN1C(=O)C(O)=C(C(=O)c2cc3ccccc3o2)C1c1c(C)[nH]c2ccccc12. The Bertz CT molecular complexity index is 1360. The van der Waals surface area contributed by atoms with Crippen LogP contribution in [0.25, 0.3) is 21.9 Å². The van der Waals surface area contributed by atoms with Crippen molar-refractivity contribution in [2.75, 3.05) is 6.54 Å². The highest BCUT2D eigenvalue weighted by Crippen LogP contribution is 2.43. The summed E-state index contributed by atoms with van der Waals surface area (Å²) in [6.45, 7) is 4.41. The molecule has 4 aromatic rings. The molecule has 0 saturated carbocycles. The highest BCUT2D eigenvalue weighted by molar-refractivity contribution is 6.16. The summed E-state index contributed by atoms with van der Waals surface area (Å²) in [5, 5.41) is 12.6. The van der Waals surface area contributed by atoms with E-state index >= 15 is 0 Å². The summed E-state index contributed by atoms with van der Waals surface area (Å²) in [5.41, 5.74) is 3.26. The molecule has 0 saturated heterocycles. The number of para-hydroxylation sites is 2. The van der Waals surface area contributed by atoms with Crippen LogP contribution >= 0.6 is 0 Å². The molecule has 6 heteroatoms. The molecule has 6 nitrogen and oxygen atoms in total. The van der Waals surface area contributed by atoms with Crippen LogP contribution in [-0.4, -0.2) is 33.2 Å². The number of furan rings is 1. The van der Waals surface area contributed by atoms with E-state index in [9.17, 15) is 14.7 Å². The average molecular weight is 428 g/mol. The van der Waals surface area contributed by atoms with Crippen molar-refractivity contribution in [2.45, 2.75) is 32.7 Å². The van der Waals surface area contributed by atoms with E-state index in [2.05, 4.69) is 4.98 Å². The maximum absolute atomic E-state index is 13.6. The first kappa shape index (κ1) is 20.1. The number of unbranched alkanes of at least 4 members (excludes halogenated alkanes) is 1. The Balaban J connectivity index is 1.68. The first-order chi connectivity index (χ1) is 15.5. The van der Waals surface area contributed by atoms with Crippen molar-refractivity contribution in [3.8, 4) is 0 Å². The van der Waals surface area contributed by atoms with Crippen LogP contribution in [-0.2, 0) is 4.79 Å². The predicted octanol–water partition coefficient (Wildman–Crippen LogP) is 5.60. The Hall–Kier alpha value is -3.80. The molecular weight excluding hydrogens is 404 g/mol. The minimum Gasteiger partial charge on any atom is -0.503 e. The zero-order chi connectivity index (χ0) is 22.4. The van der Waals surface area contributed by atoms with Gasteiger partial charge in [0.1, 0.15) is 5.58 Å². The van der Waals surface area contributed by atoms with Gasteiger partial charge < -0.3 is 19.4 Å². The molecule has 2 aromatic heterocycles. The Kier molecular flexibility index (Phi) is 4.85. The summed E-state index contributed by atoms with van der Waals surface area (Å²) >= 11 is 0. The third kappa shape index (κ3) is 3.02. The van der Waals surface area contributed by atoms with Crippen molar-refractivity contribution < 1.29 is 19.1 Å². The highest BCUT2D eigenvalue weighted by Gasteiger charge is 2.45. The topological polar surface area (TPSA) is 86.5 Å². The number of aromatic amines is 1. The normalized spacial score (nSPS) is 16.6. The Morgan fingerprint density at radius 2 is 1.91 bits per heavy atom. The van der Waals surface area contributed by atoms with Crippen molar-refractivity contribution in [3.05, 3.63) is 82.9 Å². The second-order valence-electron chi connectivity index (χ2n) is 8.20. The van der Waals surface area contributed by atoms with Gasteiger partial charge in [0.05, 0.1) is 11.6 Å².